The van der Waals surface area contributed by atoms with Crippen molar-refractivity contribution in [3.63, 3.8) is 0 Å². The average molecular weight is 359 g/mol. The molecular weight excluding hydrogens is 334 g/mol. The van der Waals surface area contributed by atoms with Crippen LogP contribution in [0, 0.1) is 0 Å². The van der Waals surface area contributed by atoms with Crippen molar-refractivity contribution in [2.45, 2.75) is 51.6 Å². The number of amides is 2. The van der Waals surface area contributed by atoms with Gasteiger partial charge in [0.05, 0.1) is 6.20 Å². The number of carbonyl (C=O) groups is 2. The highest BCUT2D eigenvalue weighted by molar-refractivity contribution is 5.97. The van der Waals surface area contributed by atoms with Crippen LogP contribution in [0.2, 0.25) is 0 Å². The van der Waals surface area contributed by atoms with Crippen LogP contribution in [0.3, 0.4) is 0 Å². The fourth-order valence-corrected chi connectivity index (χ4v) is 2.85. The van der Waals surface area contributed by atoms with Gasteiger partial charge in [-0.05, 0) is 31.7 Å². The number of nitrogens with zero attached hydrogens (tertiary/aromatic N) is 2. The Balaban J connectivity index is 2.16. The van der Waals surface area contributed by atoms with Crippen LogP contribution in [0.4, 0.5) is 10.8 Å². The Labute approximate surface area is 153 Å². The van der Waals surface area contributed by atoms with Crippen molar-refractivity contribution in [2.24, 2.45) is 0 Å². The summed E-state index contributed by atoms with van der Waals surface area (Å²) in [5.74, 6) is -0.350. The largest absolute Gasteiger partial charge is 0.465 e. The van der Waals surface area contributed by atoms with E-state index in [4.69, 9.17) is 9.52 Å². The van der Waals surface area contributed by atoms with Gasteiger partial charge in [0.15, 0.2) is 0 Å². The number of aromatic nitrogens is 1. The Kier molecular flexibility index (Phi) is 7.20. The molecule has 7 nitrogen and oxygen atoms in total. The second-order valence-corrected chi connectivity index (χ2v) is 6.19. The van der Waals surface area contributed by atoms with Crippen LogP contribution in [-0.2, 0) is 11.2 Å². The van der Waals surface area contributed by atoms with Crippen LogP contribution in [0.5, 0.6) is 0 Å². The summed E-state index contributed by atoms with van der Waals surface area (Å²) in [5, 5.41) is 11.3. The third kappa shape index (κ3) is 5.34. The molecule has 0 radical (unpaired) electrons. The van der Waals surface area contributed by atoms with E-state index in [9.17, 15) is 9.59 Å². The molecular formula is C19H25N3O4. The van der Waals surface area contributed by atoms with E-state index >= 15 is 0 Å². The quantitative estimate of drug-likeness (QED) is 0.715. The molecule has 1 aromatic carbocycles. The van der Waals surface area contributed by atoms with E-state index in [-0.39, 0.29) is 18.0 Å². The lowest BCUT2D eigenvalue weighted by Crippen LogP contribution is -2.51. The maximum absolute atomic E-state index is 13.0. The third-order valence-corrected chi connectivity index (χ3v) is 4.17. The number of hydrogen-bond donors (Lipinski definition) is 2. The molecule has 2 unspecified atom stereocenters. The molecule has 0 aliphatic carbocycles. The Bertz CT molecular complexity index is 688. The van der Waals surface area contributed by atoms with Crippen LogP contribution in [0.1, 0.15) is 38.7 Å². The predicted molar refractivity (Wildman–Crippen MR) is 98.1 cm³/mol. The summed E-state index contributed by atoms with van der Waals surface area (Å²) in [5.41, 5.74) is 1.17. The van der Waals surface area contributed by atoms with E-state index in [0.29, 0.717) is 19.3 Å². The monoisotopic (exact) mass is 359 g/mol. The second-order valence-electron chi connectivity index (χ2n) is 6.19. The standard InChI is InChI=1S/C19H25N3O4/c1-3-7-16(21-19(24)25)17(23)22(18-20-12-13-26-18)14(2)10-11-15-8-5-4-6-9-15/h4-6,8-9,12-14,16,21H,3,7,10-11H2,1-2H3,(H,24,25). The molecule has 7 heteroatoms. The van der Waals surface area contributed by atoms with Gasteiger partial charge < -0.3 is 14.8 Å². The van der Waals surface area contributed by atoms with Gasteiger partial charge in [0.2, 0.25) is 0 Å². The van der Waals surface area contributed by atoms with Gasteiger partial charge in [0, 0.05) is 6.04 Å². The van der Waals surface area contributed by atoms with E-state index in [1.807, 2.05) is 44.2 Å². The van der Waals surface area contributed by atoms with E-state index in [2.05, 4.69) is 10.3 Å². The Morgan fingerprint density at radius 3 is 2.58 bits per heavy atom. The van der Waals surface area contributed by atoms with E-state index < -0.39 is 12.1 Å². The molecule has 2 rings (SSSR count). The van der Waals surface area contributed by atoms with Crippen molar-refractivity contribution in [1.29, 1.82) is 0 Å². The average Bonchev–Trinajstić information content (AvgIpc) is 3.14. The molecule has 2 N–H and O–H groups in total. The van der Waals surface area contributed by atoms with Gasteiger partial charge in [-0.3, -0.25) is 9.69 Å². The van der Waals surface area contributed by atoms with E-state index in [0.717, 1.165) is 6.42 Å². The molecule has 1 heterocycles. The second kappa shape index (κ2) is 9.60. The van der Waals surface area contributed by atoms with Crippen LogP contribution < -0.4 is 10.2 Å². The number of carbonyl (C=O) groups excluding carboxylic acids is 1. The van der Waals surface area contributed by atoms with Gasteiger partial charge >= 0.3 is 12.1 Å². The molecule has 0 saturated carbocycles. The number of carboxylic acid groups (broad SMARTS) is 1. The van der Waals surface area contributed by atoms with E-state index in [1.54, 1.807) is 0 Å². The molecule has 0 spiro atoms. The molecule has 2 amide bonds. The number of rotatable bonds is 9. The summed E-state index contributed by atoms with van der Waals surface area (Å²) < 4.78 is 5.34. The SMILES string of the molecule is CCCC(NC(=O)O)C(=O)N(c1ncco1)C(C)CCc1ccccc1. The smallest absolute Gasteiger partial charge is 0.405 e. The Morgan fingerprint density at radius 2 is 2.00 bits per heavy atom. The minimum absolute atomic E-state index is 0.184. The fourth-order valence-electron chi connectivity index (χ4n) is 2.85. The molecule has 0 saturated heterocycles. The number of hydrogen-bond acceptors (Lipinski definition) is 4. The molecule has 0 fully saturated rings. The summed E-state index contributed by atoms with van der Waals surface area (Å²) in [6.07, 6.45) is 4.22. The number of benzene rings is 1. The number of oxazole rings is 1. The summed E-state index contributed by atoms with van der Waals surface area (Å²) in [6, 6.07) is 9.15. The zero-order valence-corrected chi connectivity index (χ0v) is 15.1. The van der Waals surface area contributed by atoms with Crippen molar-refractivity contribution < 1.29 is 19.1 Å². The Hall–Kier alpha value is -2.83. The van der Waals surface area contributed by atoms with Crippen LogP contribution in [0.25, 0.3) is 0 Å². The zero-order valence-electron chi connectivity index (χ0n) is 15.1. The van der Waals surface area contributed by atoms with Gasteiger partial charge in [0.25, 0.3) is 5.91 Å². The maximum Gasteiger partial charge on any atom is 0.405 e. The lowest BCUT2D eigenvalue weighted by molar-refractivity contribution is -0.121. The molecule has 26 heavy (non-hydrogen) atoms. The topological polar surface area (TPSA) is 95.7 Å². The molecule has 0 aliphatic heterocycles. The number of anilines is 1. The summed E-state index contributed by atoms with van der Waals surface area (Å²) in [6.45, 7) is 3.81. The first-order valence-electron chi connectivity index (χ1n) is 8.78. The molecule has 0 aliphatic rings. The van der Waals surface area contributed by atoms with Crippen molar-refractivity contribution >= 4 is 18.0 Å². The van der Waals surface area contributed by atoms with Gasteiger partial charge in [-0.1, -0.05) is 43.7 Å². The van der Waals surface area contributed by atoms with Crippen LogP contribution >= 0.6 is 0 Å². The van der Waals surface area contributed by atoms with Gasteiger partial charge in [-0.25, -0.2) is 9.78 Å². The van der Waals surface area contributed by atoms with Crippen molar-refractivity contribution in [2.75, 3.05) is 4.90 Å². The zero-order chi connectivity index (χ0) is 18.9. The lowest BCUT2D eigenvalue weighted by Gasteiger charge is -2.29. The highest BCUT2D eigenvalue weighted by Gasteiger charge is 2.32. The summed E-state index contributed by atoms with van der Waals surface area (Å²) >= 11 is 0. The van der Waals surface area contributed by atoms with Crippen LogP contribution in [0.15, 0.2) is 47.2 Å². The van der Waals surface area contributed by atoms with Crippen molar-refractivity contribution in [3.8, 4) is 0 Å². The van der Waals surface area contributed by atoms with Crippen molar-refractivity contribution in [1.82, 2.24) is 10.3 Å². The van der Waals surface area contributed by atoms with Gasteiger partial charge in [-0.2, -0.15) is 0 Å². The molecule has 0 bridgehead atoms. The Morgan fingerprint density at radius 1 is 1.27 bits per heavy atom. The highest BCUT2D eigenvalue weighted by atomic mass is 16.4. The fraction of sp³-hybridized carbons (Fsp3) is 0.421. The molecule has 2 aromatic rings. The van der Waals surface area contributed by atoms with Crippen LogP contribution in [-0.4, -0.2) is 34.2 Å². The highest BCUT2D eigenvalue weighted by Crippen LogP contribution is 2.20. The first kappa shape index (κ1) is 19.5. The predicted octanol–water partition coefficient (Wildman–Crippen LogP) is 3.47. The van der Waals surface area contributed by atoms with Gasteiger partial charge in [-0.15, -0.1) is 0 Å². The normalized spacial score (nSPS) is 13.0. The molecule has 140 valence electrons. The number of nitrogens with one attached hydrogen (secondary N) is 1. The number of aryl methyl sites for hydroxylation is 1. The third-order valence-electron chi connectivity index (χ3n) is 4.17. The molecule has 1 aromatic heterocycles. The lowest BCUT2D eigenvalue weighted by atomic mass is 10.0. The first-order chi connectivity index (χ1) is 12.5. The minimum atomic E-state index is -1.22. The molecule has 2 atom stereocenters. The summed E-state index contributed by atoms with van der Waals surface area (Å²) in [7, 11) is 0. The van der Waals surface area contributed by atoms with Crippen molar-refractivity contribution in [3.05, 3.63) is 48.4 Å². The van der Waals surface area contributed by atoms with E-state index in [1.165, 1.54) is 22.9 Å². The van der Waals surface area contributed by atoms with Gasteiger partial charge in [0.1, 0.15) is 12.3 Å². The maximum atomic E-state index is 13.0. The first-order valence-corrected chi connectivity index (χ1v) is 8.78. The summed E-state index contributed by atoms with van der Waals surface area (Å²) in [4.78, 5) is 29.6. The minimum Gasteiger partial charge on any atom is -0.465 e.